The molecule has 1 unspecified atom stereocenters. The minimum absolute atomic E-state index is 0.216. The predicted octanol–water partition coefficient (Wildman–Crippen LogP) is 3.40. The van der Waals surface area contributed by atoms with E-state index in [1.54, 1.807) is 24.3 Å². The zero-order valence-corrected chi connectivity index (χ0v) is 16.4. The molecule has 4 rings (SSSR count). The third-order valence-corrected chi connectivity index (χ3v) is 7.53. The number of fused-ring (bicyclic) bond motifs is 1. The lowest BCUT2D eigenvalue weighted by Crippen LogP contribution is -2.43. The summed E-state index contributed by atoms with van der Waals surface area (Å²) in [6.45, 7) is 2.24. The number of nitrogens with zero attached hydrogens (tertiary/aromatic N) is 2. The Morgan fingerprint density at radius 3 is 2.67 bits per heavy atom. The van der Waals surface area contributed by atoms with Gasteiger partial charge < -0.3 is 5.32 Å². The molecule has 8 heteroatoms. The monoisotopic (exact) mass is 401 g/mol. The molecule has 0 spiro atoms. The third-order valence-electron chi connectivity index (χ3n) is 4.66. The van der Waals surface area contributed by atoms with E-state index in [1.807, 2.05) is 31.2 Å². The van der Waals surface area contributed by atoms with Gasteiger partial charge in [0, 0.05) is 6.54 Å². The van der Waals surface area contributed by atoms with Crippen LogP contribution in [-0.4, -0.2) is 36.2 Å². The van der Waals surface area contributed by atoms with Gasteiger partial charge in [0.05, 0.1) is 15.1 Å². The molecule has 2 heterocycles. The molecule has 1 amide bonds. The minimum Gasteiger partial charge on any atom is -0.301 e. The van der Waals surface area contributed by atoms with Crippen molar-refractivity contribution in [3.63, 3.8) is 0 Å². The van der Waals surface area contributed by atoms with Gasteiger partial charge >= 0.3 is 0 Å². The number of aromatic nitrogens is 1. The predicted molar refractivity (Wildman–Crippen MR) is 106 cm³/mol. The highest BCUT2D eigenvalue weighted by Gasteiger charge is 2.39. The molecule has 140 valence electrons. The number of anilines is 1. The summed E-state index contributed by atoms with van der Waals surface area (Å²) in [6, 6.07) is 13.6. The van der Waals surface area contributed by atoms with Gasteiger partial charge in [-0.1, -0.05) is 41.2 Å². The van der Waals surface area contributed by atoms with Gasteiger partial charge in [-0.15, -0.1) is 0 Å². The molecule has 1 aliphatic rings. The first-order valence-electron chi connectivity index (χ1n) is 8.70. The number of aryl methyl sites for hydroxylation is 1. The largest absolute Gasteiger partial charge is 0.301 e. The first-order chi connectivity index (χ1) is 12.9. The van der Waals surface area contributed by atoms with Crippen LogP contribution >= 0.6 is 11.3 Å². The maximum absolute atomic E-state index is 13.0. The summed E-state index contributed by atoms with van der Waals surface area (Å²) in [5.41, 5.74) is 1.80. The van der Waals surface area contributed by atoms with E-state index in [1.165, 1.54) is 15.6 Å². The van der Waals surface area contributed by atoms with Crippen molar-refractivity contribution in [2.45, 2.75) is 30.7 Å². The summed E-state index contributed by atoms with van der Waals surface area (Å²) in [7, 11) is -3.71. The number of benzene rings is 2. The van der Waals surface area contributed by atoms with Crippen molar-refractivity contribution in [2.75, 3.05) is 11.9 Å². The SMILES string of the molecule is Cc1ccc(S(=O)(=O)N2CCCC2C(=O)Nc2nc3ccccc3s2)cc1. The van der Waals surface area contributed by atoms with E-state index in [0.29, 0.717) is 24.5 Å². The number of hydrogen-bond acceptors (Lipinski definition) is 5. The van der Waals surface area contributed by atoms with Crippen molar-refractivity contribution in [1.82, 2.24) is 9.29 Å². The second-order valence-corrected chi connectivity index (χ2v) is 9.48. The number of amides is 1. The third kappa shape index (κ3) is 3.47. The van der Waals surface area contributed by atoms with Gasteiger partial charge in [0.2, 0.25) is 15.9 Å². The Kier molecular flexibility index (Phi) is 4.71. The smallest absolute Gasteiger partial charge is 0.244 e. The van der Waals surface area contributed by atoms with Crippen LogP contribution in [0.3, 0.4) is 0 Å². The first kappa shape index (κ1) is 18.1. The summed E-state index contributed by atoms with van der Waals surface area (Å²) < 4.78 is 28.3. The highest BCUT2D eigenvalue weighted by Crippen LogP contribution is 2.29. The van der Waals surface area contributed by atoms with Gasteiger partial charge in [-0.2, -0.15) is 4.31 Å². The van der Waals surface area contributed by atoms with Gasteiger partial charge in [-0.05, 0) is 44.0 Å². The summed E-state index contributed by atoms with van der Waals surface area (Å²) in [4.78, 5) is 17.4. The van der Waals surface area contributed by atoms with Gasteiger partial charge in [0.1, 0.15) is 6.04 Å². The Bertz CT molecular complexity index is 1060. The number of hydrogen-bond donors (Lipinski definition) is 1. The molecule has 1 aromatic heterocycles. The van der Waals surface area contributed by atoms with Crippen LogP contribution in [0.15, 0.2) is 53.4 Å². The Hall–Kier alpha value is -2.29. The average molecular weight is 402 g/mol. The van der Waals surface area contributed by atoms with Crippen LogP contribution in [0.4, 0.5) is 5.13 Å². The average Bonchev–Trinajstić information content (AvgIpc) is 3.29. The Labute approximate surface area is 161 Å². The van der Waals surface area contributed by atoms with E-state index in [9.17, 15) is 13.2 Å². The number of sulfonamides is 1. The molecule has 6 nitrogen and oxygen atoms in total. The quantitative estimate of drug-likeness (QED) is 0.727. The second kappa shape index (κ2) is 7.03. The Balaban J connectivity index is 1.56. The molecule has 1 N–H and O–H groups in total. The number of thiazole rings is 1. The molecule has 27 heavy (non-hydrogen) atoms. The van der Waals surface area contributed by atoms with Crippen LogP contribution in [0.25, 0.3) is 10.2 Å². The Morgan fingerprint density at radius 1 is 1.19 bits per heavy atom. The van der Waals surface area contributed by atoms with Gasteiger partial charge in [-0.25, -0.2) is 13.4 Å². The van der Waals surface area contributed by atoms with Crippen LogP contribution in [-0.2, 0) is 14.8 Å². The normalized spacial score (nSPS) is 18.0. The fourth-order valence-electron chi connectivity index (χ4n) is 3.25. The zero-order chi connectivity index (χ0) is 19.0. The molecule has 0 aliphatic carbocycles. The molecule has 0 saturated carbocycles. The summed E-state index contributed by atoms with van der Waals surface area (Å²) in [6.07, 6.45) is 1.16. The number of para-hydroxylation sites is 1. The summed E-state index contributed by atoms with van der Waals surface area (Å²) >= 11 is 1.38. The van der Waals surface area contributed by atoms with Crippen molar-refractivity contribution in [2.24, 2.45) is 0 Å². The molecular formula is C19H19N3O3S2. The fraction of sp³-hybridized carbons (Fsp3) is 0.263. The van der Waals surface area contributed by atoms with Gasteiger partial charge in [0.25, 0.3) is 0 Å². The number of nitrogens with one attached hydrogen (secondary N) is 1. The van der Waals surface area contributed by atoms with Crippen molar-refractivity contribution < 1.29 is 13.2 Å². The minimum atomic E-state index is -3.71. The van der Waals surface area contributed by atoms with Gasteiger partial charge in [0.15, 0.2) is 5.13 Å². The Morgan fingerprint density at radius 2 is 1.93 bits per heavy atom. The standard InChI is InChI=1S/C19H19N3O3S2/c1-13-8-10-14(11-9-13)27(24,25)22-12-4-6-16(22)18(23)21-19-20-15-5-2-3-7-17(15)26-19/h2-3,5,7-11,16H,4,6,12H2,1H3,(H,20,21,23). The lowest BCUT2D eigenvalue weighted by atomic mass is 10.2. The topological polar surface area (TPSA) is 79.4 Å². The fourth-order valence-corrected chi connectivity index (χ4v) is 5.78. The summed E-state index contributed by atoms with van der Waals surface area (Å²) in [5, 5.41) is 3.29. The number of carbonyl (C=O) groups excluding carboxylic acids is 1. The van der Waals surface area contributed by atoms with Crippen LogP contribution in [0.1, 0.15) is 18.4 Å². The van der Waals surface area contributed by atoms with E-state index in [-0.39, 0.29) is 10.8 Å². The molecular weight excluding hydrogens is 382 g/mol. The lowest BCUT2D eigenvalue weighted by Gasteiger charge is -2.23. The van der Waals surface area contributed by atoms with Crippen LogP contribution in [0.2, 0.25) is 0 Å². The lowest BCUT2D eigenvalue weighted by molar-refractivity contribution is -0.119. The molecule has 3 aromatic rings. The molecule has 1 fully saturated rings. The van der Waals surface area contributed by atoms with Gasteiger partial charge in [-0.3, -0.25) is 4.79 Å². The van der Waals surface area contributed by atoms with Crippen LogP contribution in [0, 0.1) is 6.92 Å². The second-order valence-electron chi connectivity index (χ2n) is 6.56. The molecule has 0 bridgehead atoms. The van der Waals surface area contributed by atoms with Crippen molar-refractivity contribution >= 4 is 42.6 Å². The van der Waals surface area contributed by atoms with E-state index >= 15 is 0 Å². The number of carbonyl (C=O) groups is 1. The van der Waals surface area contributed by atoms with Crippen molar-refractivity contribution in [3.05, 3.63) is 54.1 Å². The molecule has 2 aromatic carbocycles. The zero-order valence-electron chi connectivity index (χ0n) is 14.8. The molecule has 1 atom stereocenters. The highest BCUT2D eigenvalue weighted by atomic mass is 32.2. The molecule has 0 radical (unpaired) electrons. The van der Waals surface area contributed by atoms with E-state index in [2.05, 4.69) is 10.3 Å². The van der Waals surface area contributed by atoms with E-state index in [0.717, 1.165) is 15.8 Å². The number of rotatable bonds is 4. The van der Waals surface area contributed by atoms with E-state index < -0.39 is 16.1 Å². The van der Waals surface area contributed by atoms with Crippen LogP contribution < -0.4 is 5.32 Å². The van der Waals surface area contributed by atoms with E-state index in [4.69, 9.17) is 0 Å². The molecule has 1 saturated heterocycles. The van der Waals surface area contributed by atoms with Crippen molar-refractivity contribution in [3.8, 4) is 0 Å². The molecule has 1 aliphatic heterocycles. The van der Waals surface area contributed by atoms with Crippen LogP contribution in [0.5, 0.6) is 0 Å². The highest BCUT2D eigenvalue weighted by molar-refractivity contribution is 7.89. The summed E-state index contributed by atoms with van der Waals surface area (Å²) in [5.74, 6) is -0.331. The first-order valence-corrected chi connectivity index (χ1v) is 11.0. The maximum Gasteiger partial charge on any atom is 0.244 e. The maximum atomic E-state index is 13.0. The van der Waals surface area contributed by atoms with Crippen molar-refractivity contribution in [1.29, 1.82) is 0 Å².